The Hall–Kier alpha value is -2.00. The summed E-state index contributed by atoms with van der Waals surface area (Å²) in [7, 11) is -3.18. The van der Waals surface area contributed by atoms with Crippen LogP contribution in [0.15, 0.2) is 35.4 Å². The number of hydrogen-bond donors (Lipinski definition) is 1. The van der Waals surface area contributed by atoms with Gasteiger partial charge in [0.2, 0.25) is 5.91 Å². The van der Waals surface area contributed by atoms with Gasteiger partial charge in [-0.25, -0.2) is 8.42 Å². The van der Waals surface area contributed by atoms with Crippen LogP contribution in [-0.2, 0) is 30.0 Å². The van der Waals surface area contributed by atoms with Gasteiger partial charge in [0.1, 0.15) is 16.9 Å². The number of methoxy groups -OCH3 is 1. The van der Waals surface area contributed by atoms with Gasteiger partial charge < -0.3 is 18.9 Å². The third-order valence-corrected chi connectivity index (χ3v) is 9.91. The molecule has 1 aromatic carbocycles. The molecule has 0 unspecified atom stereocenters. The van der Waals surface area contributed by atoms with Crippen LogP contribution in [-0.4, -0.2) is 63.3 Å². The highest BCUT2D eigenvalue weighted by molar-refractivity contribution is 7.90. The number of nitrogens with zero attached hydrogens (tertiary/aromatic N) is 2. The third-order valence-electron chi connectivity index (χ3n) is 7.50. The lowest BCUT2D eigenvalue weighted by molar-refractivity contribution is -0.118. The molecule has 0 spiro atoms. The molecule has 218 valence electrons. The normalized spacial score (nSPS) is 16.9. The number of benzene rings is 1. The summed E-state index contributed by atoms with van der Waals surface area (Å²) in [6, 6.07) is 6.78. The highest BCUT2D eigenvalue weighted by Gasteiger charge is 2.31. The van der Waals surface area contributed by atoms with Crippen molar-refractivity contribution in [2.24, 2.45) is 11.3 Å². The van der Waals surface area contributed by atoms with Crippen LogP contribution in [0.4, 0.5) is 5.82 Å². The number of ether oxygens (including phenoxy) is 1. The van der Waals surface area contributed by atoms with Gasteiger partial charge in [0, 0.05) is 30.5 Å². The molecule has 1 aromatic heterocycles. The molecule has 1 fully saturated rings. The highest BCUT2D eigenvalue weighted by Crippen LogP contribution is 2.37. The zero-order chi connectivity index (χ0) is 28.6. The number of carbonyl (C=O) groups excluding carboxylic acids is 1. The number of amides is 1. The van der Waals surface area contributed by atoms with E-state index in [1.54, 1.807) is 12.1 Å². The van der Waals surface area contributed by atoms with E-state index in [9.17, 15) is 13.2 Å². The van der Waals surface area contributed by atoms with Crippen LogP contribution in [0.1, 0.15) is 63.9 Å². The van der Waals surface area contributed by atoms with Crippen molar-refractivity contribution in [3.05, 3.63) is 36.0 Å². The van der Waals surface area contributed by atoms with Crippen LogP contribution < -0.4 is 10.1 Å². The number of aromatic nitrogens is 2. The molecule has 1 N–H and O–H groups in total. The number of nitrogens with one attached hydrogen (secondary N) is 1. The molecule has 1 aliphatic rings. The number of sulfone groups is 1. The number of hydrogen-bond acceptors (Lipinski definition) is 7. The average Bonchev–Trinajstić information content (AvgIpc) is 3.57. The number of carbonyl (C=O) groups is 1. The van der Waals surface area contributed by atoms with Gasteiger partial charge in [0.25, 0.3) is 0 Å². The molecule has 12 heteroatoms. The van der Waals surface area contributed by atoms with Gasteiger partial charge in [-0.3, -0.25) is 9.48 Å². The first-order valence-corrected chi connectivity index (χ1v) is 19.8. The fourth-order valence-corrected chi connectivity index (χ4v) is 7.99. The molecule has 0 bridgehead atoms. The predicted octanol–water partition coefficient (Wildman–Crippen LogP) is 3.64. The Kier molecular flexibility index (Phi) is 11.4. The second kappa shape index (κ2) is 14.1. The predicted molar refractivity (Wildman–Crippen MR) is 159 cm³/mol. The molecular weight excluding hydrogens is 551 g/mol. The summed E-state index contributed by atoms with van der Waals surface area (Å²) in [5, 5.41) is 7.62. The van der Waals surface area contributed by atoms with Gasteiger partial charge >= 0.3 is 0 Å². The van der Waals surface area contributed by atoms with Gasteiger partial charge in [-0.15, -0.1) is 0 Å². The first-order chi connectivity index (χ1) is 18.5. The molecule has 1 atom stereocenters. The van der Waals surface area contributed by atoms with E-state index in [1.807, 2.05) is 16.9 Å². The van der Waals surface area contributed by atoms with Crippen molar-refractivity contribution in [2.75, 3.05) is 18.7 Å². The van der Waals surface area contributed by atoms with Gasteiger partial charge in [0.05, 0.1) is 13.0 Å². The van der Waals surface area contributed by atoms with Crippen molar-refractivity contribution >= 4 is 41.1 Å². The van der Waals surface area contributed by atoms with Crippen LogP contribution in [0.5, 0.6) is 5.75 Å². The Morgan fingerprint density at radius 1 is 1.18 bits per heavy atom. The first-order valence-electron chi connectivity index (χ1n) is 13.9. The van der Waals surface area contributed by atoms with E-state index in [2.05, 4.69) is 37.4 Å². The van der Waals surface area contributed by atoms with Crippen LogP contribution in [0.3, 0.4) is 0 Å². The number of aryl methyl sites for hydroxylation is 1. The van der Waals surface area contributed by atoms with Gasteiger partial charge in [-0.05, 0) is 36.5 Å². The molecule has 0 radical (unpaired) electrons. The largest absolute Gasteiger partial charge is 0.495 e. The minimum absolute atomic E-state index is 0.121. The van der Waals surface area contributed by atoms with E-state index in [0.717, 1.165) is 31.1 Å². The first kappa shape index (κ1) is 31.5. The lowest BCUT2D eigenvalue weighted by Gasteiger charge is -2.34. The Morgan fingerprint density at radius 3 is 2.44 bits per heavy atom. The standard InChI is InChI=1S/C27H45N3O6SSi2/c1-27(2,26(35-38-5)36-39-6)14-16-30-15-13-24(29-30)28-25(31)21(17-19-9-7-8-10-19)20-11-12-23(37(4,32)33)22(18-20)34-3/h11-13,15,18-19,21,26H,7-10,14,16-17,38-39H2,1-6H3,(H,28,29,31)/t21-/m1/s1. The average molecular weight is 596 g/mol. The van der Waals surface area contributed by atoms with E-state index in [0.29, 0.717) is 24.7 Å². The number of anilines is 1. The maximum Gasteiger partial charge on any atom is 0.233 e. The smallest absolute Gasteiger partial charge is 0.233 e. The monoisotopic (exact) mass is 595 g/mol. The Morgan fingerprint density at radius 2 is 1.85 bits per heavy atom. The minimum Gasteiger partial charge on any atom is -0.495 e. The van der Waals surface area contributed by atoms with Crippen molar-refractivity contribution in [2.45, 2.75) is 89.1 Å². The Balaban J connectivity index is 1.75. The Labute approximate surface area is 238 Å². The van der Waals surface area contributed by atoms with Crippen molar-refractivity contribution in [3.63, 3.8) is 0 Å². The quantitative estimate of drug-likeness (QED) is 0.247. The lowest BCUT2D eigenvalue weighted by atomic mass is 9.87. The fourth-order valence-electron chi connectivity index (χ4n) is 5.27. The van der Waals surface area contributed by atoms with E-state index >= 15 is 0 Å². The van der Waals surface area contributed by atoms with E-state index in [4.69, 9.17) is 13.6 Å². The molecule has 1 amide bonds. The molecule has 1 saturated carbocycles. The SMILES string of the molecule is COc1cc([C@@H](CC2CCCC2)C(=O)Nc2ccn(CCC(C)(C)C(O[SiH2]C)O[SiH2]C)n2)ccc1S(C)(=O)=O. The summed E-state index contributed by atoms with van der Waals surface area (Å²) in [5.41, 5.74) is 0.597. The van der Waals surface area contributed by atoms with Crippen molar-refractivity contribution in [1.82, 2.24) is 9.78 Å². The maximum absolute atomic E-state index is 13.6. The highest BCUT2D eigenvalue weighted by atomic mass is 32.2. The van der Waals surface area contributed by atoms with Crippen molar-refractivity contribution in [3.8, 4) is 5.75 Å². The molecule has 2 aromatic rings. The lowest BCUT2D eigenvalue weighted by Crippen LogP contribution is -2.36. The summed E-state index contributed by atoms with van der Waals surface area (Å²) in [6.07, 6.45) is 8.93. The molecule has 0 aliphatic heterocycles. The van der Waals surface area contributed by atoms with Gasteiger partial charge in [-0.2, -0.15) is 5.10 Å². The molecular formula is C27H45N3O6SSi2. The molecule has 1 heterocycles. The third kappa shape index (κ3) is 8.74. The van der Waals surface area contributed by atoms with Crippen LogP contribution in [0.25, 0.3) is 0 Å². The van der Waals surface area contributed by atoms with Gasteiger partial charge in [0.15, 0.2) is 35.2 Å². The van der Waals surface area contributed by atoms with E-state index < -0.39 is 35.3 Å². The van der Waals surface area contributed by atoms with Gasteiger partial charge in [-0.1, -0.05) is 58.7 Å². The molecule has 9 nitrogen and oxygen atoms in total. The van der Waals surface area contributed by atoms with E-state index in [1.165, 1.54) is 26.0 Å². The van der Waals surface area contributed by atoms with Crippen LogP contribution in [0.2, 0.25) is 13.1 Å². The molecule has 0 saturated heterocycles. The second-order valence-corrected chi connectivity index (χ2v) is 14.9. The summed E-state index contributed by atoms with van der Waals surface area (Å²) in [6.45, 7) is 9.23. The van der Waals surface area contributed by atoms with Crippen molar-refractivity contribution < 1.29 is 26.8 Å². The number of rotatable bonds is 15. The zero-order valence-electron chi connectivity index (χ0n) is 24.2. The fraction of sp³-hybridized carbons (Fsp3) is 0.630. The van der Waals surface area contributed by atoms with Crippen molar-refractivity contribution in [1.29, 1.82) is 0 Å². The molecule has 1 aliphatic carbocycles. The summed E-state index contributed by atoms with van der Waals surface area (Å²) < 4.78 is 43.6. The maximum atomic E-state index is 13.6. The second-order valence-electron chi connectivity index (χ2n) is 11.1. The zero-order valence-corrected chi connectivity index (χ0v) is 27.9. The summed E-state index contributed by atoms with van der Waals surface area (Å²) in [4.78, 5) is 13.7. The Bertz CT molecular complexity index is 1190. The topological polar surface area (TPSA) is 109 Å². The van der Waals surface area contributed by atoms with E-state index in [-0.39, 0.29) is 28.3 Å². The van der Waals surface area contributed by atoms with Crippen LogP contribution >= 0.6 is 0 Å². The van der Waals surface area contributed by atoms with Crippen LogP contribution in [0, 0.1) is 11.3 Å². The summed E-state index contributed by atoms with van der Waals surface area (Å²) in [5.74, 6) is 0.625. The summed E-state index contributed by atoms with van der Waals surface area (Å²) >= 11 is 0. The minimum atomic E-state index is -3.45. The molecule has 3 rings (SSSR count). The molecule has 39 heavy (non-hydrogen) atoms.